The van der Waals surface area contributed by atoms with Crippen LogP contribution in [0.4, 0.5) is 0 Å². The molecule has 0 saturated carbocycles. The zero-order chi connectivity index (χ0) is 12.0. The Bertz CT molecular complexity index is 362. The van der Waals surface area contributed by atoms with E-state index >= 15 is 0 Å². The van der Waals surface area contributed by atoms with Crippen LogP contribution in [-0.4, -0.2) is 23.0 Å². The van der Waals surface area contributed by atoms with E-state index in [4.69, 9.17) is 5.11 Å². The first kappa shape index (κ1) is 12.2. The van der Waals surface area contributed by atoms with Gasteiger partial charge in [0.25, 0.3) is 0 Å². The minimum Gasteiger partial charge on any atom is -0.480 e. The first-order valence-electron chi connectivity index (χ1n) is 5.06. The van der Waals surface area contributed by atoms with Gasteiger partial charge in [-0.3, -0.25) is 4.79 Å². The number of rotatable bonds is 5. The molecule has 16 heavy (non-hydrogen) atoms. The van der Waals surface area contributed by atoms with Crippen molar-refractivity contribution < 1.29 is 14.7 Å². The van der Waals surface area contributed by atoms with Gasteiger partial charge in [0.15, 0.2) is 0 Å². The van der Waals surface area contributed by atoms with Crippen molar-refractivity contribution in [1.29, 1.82) is 0 Å². The molecule has 0 bridgehead atoms. The maximum atomic E-state index is 11.5. The summed E-state index contributed by atoms with van der Waals surface area (Å²) in [7, 11) is 0. The summed E-state index contributed by atoms with van der Waals surface area (Å²) in [5, 5.41) is 11.2. The summed E-state index contributed by atoms with van der Waals surface area (Å²) in [6.07, 6.45) is 1.75. The summed E-state index contributed by atoms with van der Waals surface area (Å²) >= 11 is 0. The van der Waals surface area contributed by atoms with Crippen molar-refractivity contribution >= 4 is 11.9 Å². The molecule has 1 rings (SSSR count). The molecule has 4 heteroatoms. The summed E-state index contributed by atoms with van der Waals surface area (Å²) in [5.74, 6) is -1.40. The summed E-state index contributed by atoms with van der Waals surface area (Å²) in [5.41, 5.74) is 0.750. The van der Waals surface area contributed by atoms with Gasteiger partial charge in [-0.05, 0) is 12.0 Å². The second-order valence-electron chi connectivity index (χ2n) is 3.36. The Morgan fingerprint density at radius 2 is 2.00 bits per heavy atom. The molecule has 1 amide bonds. The number of carbonyl (C=O) groups is 2. The van der Waals surface area contributed by atoms with Gasteiger partial charge >= 0.3 is 5.97 Å². The molecule has 1 atom stereocenters. The van der Waals surface area contributed by atoms with Gasteiger partial charge in [-0.25, -0.2) is 4.79 Å². The lowest BCUT2D eigenvalue weighted by atomic mass is 10.1. The van der Waals surface area contributed by atoms with Gasteiger partial charge in [-0.1, -0.05) is 37.3 Å². The summed E-state index contributed by atoms with van der Waals surface area (Å²) in [6, 6.07) is 8.21. The molecule has 85 valence electrons. The maximum absolute atomic E-state index is 11.5. The SMILES string of the molecule is CC[C@H](NC(=O)[CH]c1ccccc1)C(=O)O. The Morgan fingerprint density at radius 3 is 2.50 bits per heavy atom. The molecular weight excluding hydrogens is 206 g/mol. The Morgan fingerprint density at radius 1 is 1.38 bits per heavy atom. The fraction of sp³-hybridized carbons (Fsp3) is 0.250. The van der Waals surface area contributed by atoms with E-state index in [9.17, 15) is 9.59 Å². The Balaban J connectivity index is 2.50. The van der Waals surface area contributed by atoms with Crippen molar-refractivity contribution in [3.05, 3.63) is 42.3 Å². The quantitative estimate of drug-likeness (QED) is 0.784. The molecule has 0 aliphatic carbocycles. The zero-order valence-corrected chi connectivity index (χ0v) is 9.01. The van der Waals surface area contributed by atoms with E-state index in [1.807, 2.05) is 18.2 Å². The second kappa shape index (κ2) is 5.90. The number of nitrogens with one attached hydrogen (secondary N) is 1. The summed E-state index contributed by atoms with van der Waals surface area (Å²) in [4.78, 5) is 22.1. The van der Waals surface area contributed by atoms with Crippen LogP contribution >= 0.6 is 0 Å². The van der Waals surface area contributed by atoms with Crippen LogP contribution in [0.3, 0.4) is 0 Å². The molecule has 4 nitrogen and oxygen atoms in total. The molecule has 0 unspecified atom stereocenters. The number of hydrogen-bond donors (Lipinski definition) is 2. The predicted molar refractivity (Wildman–Crippen MR) is 59.7 cm³/mol. The molecule has 2 N–H and O–H groups in total. The summed E-state index contributed by atoms with van der Waals surface area (Å²) in [6.45, 7) is 1.71. The fourth-order valence-corrected chi connectivity index (χ4v) is 1.25. The van der Waals surface area contributed by atoms with Gasteiger partial charge in [0.05, 0.1) is 6.42 Å². The van der Waals surface area contributed by atoms with Crippen molar-refractivity contribution in [2.24, 2.45) is 0 Å². The normalized spacial score (nSPS) is 11.8. The number of carboxylic acids is 1. The third-order valence-corrected chi connectivity index (χ3v) is 2.12. The van der Waals surface area contributed by atoms with Crippen LogP contribution < -0.4 is 5.32 Å². The van der Waals surface area contributed by atoms with Gasteiger partial charge < -0.3 is 10.4 Å². The largest absolute Gasteiger partial charge is 0.480 e. The lowest BCUT2D eigenvalue weighted by molar-refractivity contribution is -0.141. The highest BCUT2D eigenvalue weighted by atomic mass is 16.4. The maximum Gasteiger partial charge on any atom is 0.326 e. The highest BCUT2D eigenvalue weighted by molar-refractivity contribution is 5.91. The predicted octanol–water partition coefficient (Wildman–Crippen LogP) is 1.22. The zero-order valence-electron chi connectivity index (χ0n) is 9.01. The van der Waals surface area contributed by atoms with Gasteiger partial charge in [-0.15, -0.1) is 0 Å². The number of benzene rings is 1. The van der Waals surface area contributed by atoms with E-state index in [1.165, 1.54) is 6.42 Å². The van der Waals surface area contributed by atoms with Crippen LogP contribution in [0.2, 0.25) is 0 Å². The lowest BCUT2D eigenvalue weighted by Gasteiger charge is -2.11. The smallest absolute Gasteiger partial charge is 0.326 e. The van der Waals surface area contributed by atoms with Crippen molar-refractivity contribution in [2.45, 2.75) is 19.4 Å². The number of carboxylic acid groups (broad SMARTS) is 1. The molecule has 0 heterocycles. The van der Waals surface area contributed by atoms with Crippen molar-refractivity contribution in [3.63, 3.8) is 0 Å². The topological polar surface area (TPSA) is 66.4 Å². The third kappa shape index (κ3) is 3.73. The third-order valence-electron chi connectivity index (χ3n) is 2.12. The number of amides is 1. The minimum absolute atomic E-state index is 0.365. The van der Waals surface area contributed by atoms with Gasteiger partial charge in [0.1, 0.15) is 6.04 Å². The second-order valence-corrected chi connectivity index (χ2v) is 3.36. The molecule has 0 saturated heterocycles. The lowest BCUT2D eigenvalue weighted by Crippen LogP contribution is -2.40. The van der Waals surface area contributed by atoms with E-state index in [0.717, 1.165) is 5.56 Å². The highest BCUT2D eigenvalue weighted by Crippen LogP contribution is 2.02. The van der Waals surface area contributed by atoms with Gasteiger partial charge in [0.2, 0.25) is 5.91 Å². The number of hydrogen-bond acceptors (Lipinski definition) is 2. The Kier molecular flexibility index (Phi) is 4.51. The first-order valence-corrected chi connectivity index (χ1v) is 5.06. The van der Waals surface area contributed by atoms with Crippen molar-refractivity contribution in [3.8, 4) is 0 Å². The molecule has 0 aromatic heterocycles. The van der Waals surface area contributed by atoms with E-state index < -0.39 is 12.0 Å². The van der Waals surface area contributed by atoms with Crippen LogP contribution in [0.15, 0.2) is 30.3 Å². The molecular formula is C12H14NO3. The van der Waals surface area contributed by atoms with Crippen LogP contribution in [-0.2, 0) is 9.59 Å². The van der Waals surface area contributed by atoms with E-state index in [-0.39, 0.29) is 5.91 Å². The van der Waals surface area contributed by atoms with Crippen LogP contribution in [0, 0.1) is 6.42 Å². The van der Waals surface area contributed by atoms with Crippen molar-refractivity contribution in [2.75, 3.05) is 0 Å². The molecule has 1 aromatic carbocycles. The van der Waals surface area contributed by atoms with Gasteiger partial charge in [-0.2, -0.15) is 0 Å². The monoisotopic (exact) mass is 220 g/mol. The number of aliphatic carboxylic acids is 1. The average molecular weight is 220 g/mol. The van der Waals surface area contributed by atoms with Crippen LogP contribution in [0.5, 0.6) is 0 Å². The average Bonchev–Trinajstić information content (AvgIpc) is 2.27. The molecule has 0 fully saturated rings. The van der Waals surface area contributed by atoms with E-state index in [2.05, 4.69) is 5.32 Å². The summed E-state index contributed by atoms with van der Waals surface area (Å²) < 4.78 is 0. The molecule has 0 aliphatic heterocycles. The highest BCUT2D eigenvalue weighted by Gasteiger charge is 2.17. The Hall–Kier alpha value is -1.84. The molecule has 1 radical (unpaired) electrons. The first-order chi connectivity index (χ1) is 7.63. The molecule has 0 spiro atoms. The van der Waals surface area contributed by atoms with Gasteiger partial charge in [0, 0.05) is 0 Å². The minimum atomic E-state index is -1.02. The Labute approximate surface area is 94.3 Å². The van der Waals surface area contributed by atoms with Crippen molar-refractivity contribution in [1.82, 2.24) is 5.32 Å². The van der Waals surface area contributed by atoms with E-state index in [1.54, 1.807) is 19.1 Å². The van der Waals surface area contributed by atoms with Crippen LogP contribution in [0.1, 0.15) is 18.9 Å². The van der Waals surface area contributed by atoms with Crippen LogP contribution in [0.25, 0.3) is 0 Å². The molecule has 1 aromatic rings. The number of carbonyl (C=O) groups excluding carboxylic acids is 1. The van der Waals surface area contributed by atoms with E-state index in [0.29, 0.717) is 6.42 Å². The standard InChI is InChI=1S/C12H14NO3/c1-2-10(12(15)16)13-11(14)8-9-6-4-3-5-7-9/h3-8,10H,2H2,1H3,(H,13,14)(H,15,16)/t10-/m0/s1. The fourth-order valence-electron chi connectivity index (χ4n) is 1.25. The molecule has 0 aliphatic rings.